The molecule has 0 saturated heterocycles. The molecule has 0 spiro atoms. The summed E-state index contributed by atoms with van der Waals surface area (Å²) >= 11 is 0. The fourth-order valence-electron chi connectivity index (χ4n) is 9.46. The standard InChI is InChI=1S/C48H35BN4Si/c1-54(2)44-26-13-24-42-47(44)49-46-40(52(42)38-20-8-6-17-34(38)36-19-10-11-29-50-36)22-12-23-41(46)53(43-25-14-27-45(54)48(43)49)39-21-9-7-18-35(39)37-31-33(28-30-51-37)32-15-4-3-5-16-32/h3-31H,1-2H3. The predicted molar refractivity (Wildman–Crippen MR) is 229 cm³/mol. The highest BCUT2D eigenvalue weighted by Crippen LogP contribution is 2.47. The lowest BCUT2D eigenvalue weighted by atomic mass is 9.33. The van der Waals surface area contributed by atoms with Crippen LogP contribution in [0.5, 0.6) is 0 Å². The van der Waals surface area contributed by atoms with Crippen molar-refractivity contribution in [2.45, 2.75) is 13.1 Å². The maximum Gasteiger partial charge on any atom is 0.251 e. The van der Waals surface area contributed by atoms with Crippen molar-refractivity contribution in [3.63, 3.8) is 0 Å². The molecule has 11 rings (SSSR count). The van der Waals surface area contributed by atoms with Crippen molar-refractivity contribution in [1.29, 1.82) is 0 Å². The molecule has 0 radical (unpaired) electrons. The highest BCUT2D eigenvalue weighted by atomic mass is 28.3. The number of nitrogens with zero attached hydrogens (tertiary/aromatic N) is 4. The van der Waals surface area contributed by atoms with Crippen LogP contribution >= 0.6 is 0 Å². The van der Waals surface area contributed by atoms with Crippen LogP contribution in [0.2, 0.25) is 13.1 Å². The van der Waals surface area contributed by atoms with Gasteiger partial charge in [-0.05, 0) is 88.2 Å². The van der Waals surface area contributed by atoms with Crippen molar-refractivity contribution in [1.82, 2.24) is 9.97 Å². The highest BCUT2D eigenvalue weighted by molar-refractivity contribution is 7.16. The Labute approximate surface area is 317 Å². The van der Waals surface area contributed by atoms with Gasteiger partial charge in [-0.15, -0.1) is 0 Å². The quantitative estimate of drug-likeness (QED) is 0.168. The molecule has 4 nitrogen and oxygen atoms in total. The van der Waals surface area contributed by atoms with Gasteiger partial charge in [-0.25, -0.2) is 0 Å². The van der Waals surface area contributed by atoms with Gasteiger partial charge < -0.3 is 9.80 Å². The SMILES string of the molecule is C[Si]1(C)c2cccc3c2B2c4c(cccc4N(c4ccccc4-c4cc(-c5ccccc5)ccn4)c4cccc1c42)N3c1ccccc1-c1ccccn1. The number of anilines is 6. The van der Waals surface area contributed by atoms with E-state index in [1.54, 1.807) is 0 Å². The molecule has 5 heterocycles. The minimum atomic E-state index is -2.15. The van der Waals surface area contributed by atoms with Crippen molar-refractivity contribution in [2.24, 2.45) is 0 Å². The molecule has 8 aromatic rings. The van der Waals surface area contributed by atoms with E-state index in [0.29, 0.717) is 0 Å². The number of para-hydroxylation sites is 2. The molecular formula is C48H35BN4Si. The van der Waals surface area contributed by atoms with E-state index in [9.17, 15) is 0 Å². The lowest BCUT2D eigenvalue weighted by molar-refractivity contribution is 1.24. The molecule has 6 aromatic carbocycles. The van der Waals surface area contributed by atoms with E-state index in [1.807, 2.05) is 18.5 Å². The summed E-state index contributed by atoms with van der Waals surface area (Å²) in [6.07, 6.45) is 3.83. The molecule has 0 saturated carbocycles. The molecular weight excluding hydrogens is 671 g/mol. The molecule has 3 aliphatic heterocycles. The van der Waals surface area contributed by atoms with Gasteiger partial charge in [-0.2, -0.15) is 0 Å². The van der Waals surface area contributed by atoms with E-state index in [-0.39, 0.29) is 6.71 Å². The third kappa shape index (κ3) is 4.38. The Morgan fingerprint density at radius 3 is 1.52 bits per heavy atom. The Kier molecular flexibility index (Phi) is 6.76. The first-order valence-corrected chi connectivity index (χ1v) is 21.7. The van der Waals surface area contributed by atoms with Crippen molar-refractivity contribution >= 4 is 75.7 Å². The first-order valence-electron chi connectivity index (χ1n) is 18.7. The molecule has 2 aromatic heterocycles. The van der Waals surface area contributed by atoms with Gasteiger partial charge in [0.05, 0.1) is 22.8 Å². The number of hydrogen-bond donors (Lipinski definition) is 0. The molecule has 0 atom stereocenters. The van der Waals surface area contributed by atoms with Gasteiger partial charge in [0.15, 0.2) is 0 Å². The summed E-state index contributed by atoms with van der Waals surface area (Å²) in [5.41, 5.74) is 17.9. The summed E-state index contributed by atoms with van der Waals surface area (Å²) < 4.78 is 0. The molecule has 54 heavy (non-hydrogen) atoms. The van der Waals surface area contributed by atoms with Gasteiger partial charge in [0.1, 0.15) is 8.07 Å². The van der Waals surface area contributed by atoms with Gasteiger partial charge in [0, 0.05) is 46.3 Å². The summed E-state index contributed by atoms with van der Waals surface area (Å²) in [5.74, 6) is 0. The maximum absolute atomic E-state index is 5.00. The minimum absolute atomic E-state index is 0.121. The van der Waals surface area contributed by atoms with Crippen LogP contribution in [-0.2, 0) is 0 Å². The maximum atomic E-state index is 5.00. The Bertz CT molecular complexity index is 2780. The van der Waals surface area contributed by atoms with E-state index in [1.165, 1.54) is 55.1 Å². The fourth-order valence-corrected chi connectivity index (χ4v) is 12.7. The fraction of sp³-hybridized carbons (Fsp3) is 0.0417. The van der Waals surface area contributed by atoms with Crippen LogP contribution in [-0.4, -0.2) is 24.8 Å². The van der Waals surface area contributed by atoms with Crippen LogP contribution in [0.25, 0.3) is 33.6 Å². The van der Waals surface area contributed by atoms with Crippen LogP contribution in [0.4, 0.5) is 34.1 Å². The highest BCUT2D eigenvalue weighted by Gasteiger charge is 2.51. The number of hydrogen-bond acceptors (Lipinski definition) is 4. The van der Waals surface area contributed by atoms with Gasteiger partial charge in [0.25, 0.3) is 6.71 Å². The summed E-state index contributed by atoms with van der Waals surface area (Å²) in [6, 6.07) is 59.6. The number of benzene rings is 6. The molecule has 0 aliphatic carbocycles. The lowest BCUT2D eigenvalue weighted by Gasteiger charge is -2.50. The van der Waals surface area contributed by atoms with Gasteiger partial charge >= 0.3 is 0 Å². The Balaban J connectivity index is 1.20. The zero-order valence-electron chi connectivity index (χ0n) is 30.1. The van der Waals surface area contributed by atoms with Crippen LogP contribution in [0.1, 0.15) is 0 Å². The van der Waals surface area contributed by atoms with Crippen molar-refractivity contribution in [3.05, 3.63) is 176 Å². The van der Waals surface area contributed by atoms with E-state index in [0.717, 1.165) is 39.5 Å². The Morgan fingerprint density at radius 2 is 0.907 bits per heavy atom. The van der Waals surface area contributed by atoms with Crippen LogP contribution in [0.3, 0.4) is 0 Å². The summed E-state index contributed by atoms with van der Waals surface area (Å²) in [5, 5.41) is 3.04. The minimum Gasteiger partial charge on any atom is -0.311 e. The largest absolute Gasteiger partial charge is 0.311 e. The van der Waals surface area contributed by atoms with E-state index in [2.05, 4.69) is 181 Å². The Morgan fingerprint density at radius 1 is 0.407 bits per heavy atom. The summed E-state index contributed by atoms with van der Waals surface area (Å²) in [4.78, 5) is 14.9. The zero-order valence-corrected chi connectivity index (χ0v) is 31.1. The van der Waals surface area contributed by atoms with Crippen molar-refractivity contribution in [2.75, 3.05) is 9.80 Å². The van der Waals surface area contributed by atoms with E-state index in [4.69, 9.17) is 9.97 Å². The van der Waals surface area contributed by atoms with Crippen LogP contribution in [0.15, 0.2) is 176 Å². The average Bonchev–Trinajstić information content (AvgIpc) is 3.23. The molecule has 0 bridgehead atoms. The van der Waals surface area contributed by atoms with Crippen LogP contribution < -0.4 is 36.6 Å². The normalized spacial score (nSPS) is 14.1. The smallest absolute Gasteiger partial charge is 0.251 e. The first kappa shape index (κ1) is 31.1. The summed E-state index contributed by atoms with van der Waals surface area (Å²) in [6.45, 7) is 5.19. The topological polar surface area (TPSA) is 32.3 Å². The van der Waals surface area contributed by atoms with E-state index < -0.39 is 8.07 Å². The summed E-state index contributed by atoms with van der Waals surface area (Å²) in [7, 11) is -2.15. The van der Waals surface area contributed by atoms with Gasteiger partial charge in [-0.1, -0.05) is 127 Å². The number of pyridine rings is 2. The second-order valence-electron chi connectivity index (χ2n) is 15.0. The average molecular weight is 707 g/mol. The van der Waals surface area contributed by atoms with Gasteiger partial charge in [-0.3, -0.25) is 9.97 Å². The molecule has 0 N–H and O–H groups in total. The molecule has 0 amide bonds. The second-order valence-corrected chi connectivity index (χ2v) is 19.3. The third-order valence-electron chi connectivity index (χ3n) is 11.8. The number of aromatic nitrogens is 2. The molecule has 6 heteroatoms. The van der Waals surface area contributed by atoms with Crippen molar-refractivity contribution < 1.29 is 0 Å². The first-order chi connectivity index (χ1) is 26.6. The van der Waals surface area contributed by atoms with Gasteiger partial charge in [0.2, 0.25) is 0 Å². The molecule has 254 valence electrons. The molecule has 0 fully saturated rings. The molecule has 3 aliphatic rings. The molecule has 0 unspecified atom stereocenters. The number of rotatable bonds is 5. The van der Waals surface area contributed by atoms with Crippen LogP contribution in [0, 0.1) is 0 Å². The monoisotopic (exact) mass is 706 g/mol. The second kappa shape index (κ2) is 11.8. The van der Waals surface area contributed by atoms with E-state index >= 15 is 0 Å². The lowest BCUT2D eigenvalue weighted by Crippen LogP contribution is -2.79. The predicted octanol–water partition coefficient (Wildman–Crippen LogP) is 8.70. The Hall–Kier alpha value is -6.50. The zero-order chi connectivity index (χ0) is 36.0. The third-order valence-corrected chi connectivity index (χ3v) is 15.3. The van der Waals surface area contributed by atoms with Crippen molar-refractivity contribution in [3.8, 4) is 33.6 Å².